The summed E-state index contributed by atoms with van der Waals surface area (Å²) in [4.78, 5) is 4.60. The van der Waals surface area contributed by atoms with Crippen LogP contribution in [-0.4, -0.2) is 17.3 Å². The van der Waals surface area contributed by atoms with Gasteiger partial charge in [0, 0.05) is 7.11 Å². The number of nitrogens with two attached hydrogens (primary N) is 1. The van der Waals surface area contributed by atoms with Crippen molar-refractivity contribution >= 4 is 0 Å². The van der Waals surface area contributed by atoms with E-state index in [2.05, 4.69) is 24.0 Å². The van der Waals surface area contributed by atoms with Crippen LogP contribution in [-0.2, 0) is 15.9 Å². The molecule has 0 radical (unpaired) electrons. The highest BCUT2D eigenvalue weighted by molar-refractivity contribution is 5.07. The van der Waals surface area contributed by atoms with E-state index in [0.717, 1.165) is 38.5 Å². The fourth-order valence-electron chi connectivity index (χ4n) is 3.13. The molecule has 2 rings (SSSR count). The van der Waals surface area contributed by atoms with E-state index in [1.807, 2.05) is 0 Å². The minimum atomic E-state index is -0.456. The Morgan fingerprint density at radius 2 is 1.80 bits per heavy atom. The monoisotopic (exact) mass is 281 g/mol. The molecule has 1 fully saturated rings. The quantitative estimate of drug-likeness (QED) is 0.839. The van der Waals surface area contributed by atoms with E-state index in [1.165, 1.54) is 12.8 Å². The average molecular weight is 281 g/mol. The van der Waals surface area contributed by atoms with Crippen LogP contribution in [0.4, 0.5) is 0 Å². The van der Waals surface area contributed by atoms with Crippen LogP contribution in [0.15, 0.2) is 4.52 Å². The van der Waals surface area contributed by atoms with Crippen molar-refractivity contribution in [1.29, 1.82) is 0 Å². The molecule has 0 amide bonds. The molecule has 0 aromatic carbocycles. The molecule has 20 heavy (non-hydrogen) atoms. The SMILES string of the molecule is CCC(CC)(OC)c1noc(C2(N)CCCCCC2)n1. The van der Waals surface area contributed by atoms with Gasteiger partial charge in [0.15, 0.2) is 0 Å². The van der Waals surface area contributed by atoms with Gasteiger partial charge in [0.25, 0.3) is 0 Å². The second-order valence-electron chi connectivity index (χ2n) is 5.90. The molecule has 5 nitrogen and oxygen atoms in total. The zero-order valence-corrected chi connectivity index (χ0v) is 12.9. The molecule has 1 aromatic rings. The number of ether oxygens (including phenoxy) is 1. The molecule has 0 unspecified atom stereocenters. The van der Waals surface area contributed by atoms with E-state index in [1.54, 1.807) is 7.11 Å². The fraction of sp³-hybridized carbons (Fsp3) is 0.867. The lowest BCUT2D eigenvalue weighted by atomic mass is 9.91. The maximum absolute atomic E-state index is 6.52. The molecule has 0 saturated heterocycles. The maximum Gasteiger partial charge on any atom is 0.246 e. The second-order valence-corrected chi connectivity index (χ2v) is 5.90. The molecule has 1 saturated carbocycles. The third kappa shape index (κ3) is 2.74. The normalized spacial score (nSPS) is 19.8. The highest BCUT2D eigenvalue weighted by atomic mass is 16.5. The average Bonchev–Trinajstić information content (AvgIpc) is 2.87. The first-order chi connectivity index (χ1) is 9.60. The lowest BCUT2D eigenvalue weighted by Gasteiger charge is -2.26. The van der Waals surface area contributed by atoms with Crippen molar-refractivity contribution in [3.8, 4) is 0 Å². The number of hydrogen-bond donors (Lipinski definition) is 1. The zero-order chi connectivity index (χ0) is 14.6. The van der Waals surface area contributed by atoms with Crippen LogP contribution in [0, 0.1) is 0 Å². The molecule has 0 atom stereocenters. The third-order valence-electron chi connectivity index (χ3n) is 4.79. The van der Waals surface area contributed by atoms with Crippen LogP contribution in [0.3, 0.4) is 0 Å². The van der Waals surface area contributed by atoms with Gasteiger partial charge in [0.2, 0.25) is 11.7 Å². The first-order valence-electron chi connectivity index (χ1n) is 7.79. The molecule has 0 spiro atoms. The highest BCUT2D eigenvalue weighted by Crippen LogP contribution is 2.35. The van der Waals surface area contributed by atoms with Gasteiger partial charge in [0.1, 0.15) is 5.60 Å². The Morgan fingerprint density at radius 3 is 2.30 bits per heavy atom. The fourth-order valence-corrected chi connectivity index (χ4v) is 3.13. The van der Waals surface area contributed by atoms with Crippen molar-refractivity contribution in [1.82, 2.24) is 10.1 Å². The molecule has 0 bridgehead atoms. The van der Waals surface area contributed by atoms with E-state index in [0.29, 0.717) is 11.7 Å². The highest BCUT2D eigenvalue weighted by Gasteiger charge is 2.38. The largest absolute Gasteiger partial charge is 0.370 e. The van der Waals surface area contributed by atoms with Crippen LogP contribution in [0.25, 0.3) is 0 Å². The van der Waals surface area contributed by atoms with Crippen LogP contribution in [0.1, 0.15) is 76.9 Å². The molecule has 2 N–H and O–H groups in total. The molecule has 1 aliphatic carbocycles. The summed E-state index contributed by atoms with van der Waals surface area (Å²) >= 11 is 0. The summed E-state index contributed by atoms with van der Waals surface area (Å²) in [5, 5.41) is 4.16. The molecule has 1 aromatic heterocycles. The number of methoxy groups -OCH3 is 1. The Labute approximate surface area is 121 Å². The smallest absolute Gasteiger partial charge is 0.246 e. The summed E-state index contributed by atoms with van der Waals surface area (Å²) < 4.78 is 11.2. The van der Waals surface area contributed by atoms with Gasteiger partial charge in [-0.05, 0) is 25.7 Å². The lowest BCUT2D eigenvalue weighted by molar-refractivity contribution is -0.0306. The Hall–Kier alpha value is -0.940. The summed E-state index contributed by atoms with van der Waals surface area (Å²) in [5.74, 6) is 1.21. The summed E-state index contributed by atoms with van der Waals surface area (Å²) in [5.41, 5.74) is 5.61. The summed E-state index contributed by atoms with van der Waals surface area (Å²) in [7, 11) is 1.70. The van der Waals surface area contributed by atoms with Gasteiger partial charge in [-0.1, -0.05) is 44.7 Å². The molecule has 1 aliphatic rings. The molecule has 1 heterocycles. The summed E-state index contributed by atoms with van der Waals surface area (Å²) in [6.07, 6.45) is 8.22. The van der Waals surface area contributed by atoms with Gasteiger partial charge in [-0.15, -0.1) is 0 Å². The van der Waals surface area contributed by atoms with Gasteiger partial charge in [-0.25, -0.2) is 0 Å². The van der Waals surface area contributed by atoms with Crippen LogP contribution in [0.5, 0.6) is 0 Å². The Kier molecular flexibility index (Phi) is 4.81. The van der Waals surface area contributed by atoms with E-state index in [4.69, 9.17) is 15.0 Å². The van der Waals surface area contributed by atoms with Crippen molar-refractivity contribution in [2.24, 2.45) is 5.73 Å². The Balaban J connectivity index is 2.27. The van der Waals surface area contributed by atoms with Gasteiger partial charge >= 0.3 is 0 Å². The van der Waals surface area contributed by atoms with Gasteiger partial charge in [0.05, 0.1) is 5.54 Å². The Bertz CT molecular complexity index is 410. The standard InChI is InChI=1S/C15H27N3O2/c1-4-15(5-2,19-3)12-17-13(20-18-12)14(16)10-8-6-7-9-11-14/h4-11,16H2,1-3H3. The number of nitrogens with zero attached hydrogens (tertiary/aromatic N) is 2. The minimum Gasteiger partial charge on any atom is -0.370 e. The molecule has 0 aliphatic heterocycles. The van der Waals surface area contributed by atoms with Crippen LogP contribution in [0.2, 0.25) is 0 Å². The minimum absolute atomic E-state index is 0.456. The second kappa shape index (κ2) is 6.22. The number of hydrogen-bond acceptors (Lipinski definition) is 5. The van der Waals surface area contributed by atoms with E-state index >= 15 is 0 Å². The van der Waals surface area contributed by atoms with E-state index in [9.17, 15) is 0 Å². The van der Waals surface area contributed by atoms with Crippen molar-refractivity contribution in [3.05, 3.63) is 11.7 Å². The van der Waals surface area contributed by atoms with Gasteiger partial charge < -0.3 is 15.0 Å². The summed E-state index contributed by atoms with van der Waals surface area (Å²) in [6, 6.07) is 0. The topological polar surface area (TPSA) is 74.2 Å². The van der Waals surface area contributed by atoms with Crippen LogP contribution < -0.4 is 5.73 Å². The predicted molar refractivity (Wildman–Crippen MR) is 77.1 cm³/mol. The third-order valence-corrected chi connectivity index (χ3v) is 4.79. The van der Waals surface area contributed by atoms with Crippen LogP contribution >= 0.6 is 0 Å². The van der Waals surface area contributed by atoms with E-state index in [-0.39, 0.29) is 0 Å². The first kappa shape index (κ1) is 15.4. The van der Waals surface area contributed by atoms with Crippen molar-refractivity contribution in [3.63, 3.8) is 0 Å². The summed E-state index contributed by atoms with van der Waals surface area (Å²) in [6.45, 7) is 4.15. The number of rotatable bonds is 5. The van der Waals surface area contributed by atoms with Gasteiger partial charge in [-0.2, -0.15) is 4.98 Å². The number of aromatic nitrogens is 2. The molecule has 5 heteroatoms. The maximum atomic E-state index is 6.52. The van der Waals surface area contributed by atoms with E-state index < -0.39 is 11.1 Å². The zero-order valence-electron chi connectivity index (χ0n) is 12.9. The molecular weight excluding hydrogens is 254 g/mol. The van der Waals surface area contributed by atoms with Gasteiger partial charge in [-0.3, -0.25) is 0 Å². The lowest BCUT2D eigenvalue weighted by Crippen LogP contribution is -2.37. The van der Waals surface area contributed by atoms with Crippen molar-refractivity contribution in [2.75, 3.05) is 7.11 Å². The first-order valence-corrected chi connectivity index (χ1v) is 7.79. The van der Waals surface area contributed by atoms with Crippen molar-refractivity contribution in [2.45, 2.75) is 76.4 Å². The molecular formula is C15H27N3O2. The predicted octanol–water partition coefficient (Wildman–Crippen LogP) is 3.24. The molecule has 114 valence electrons. The Morgan fingerprint density at radius 1 is 1.20 bits per heavy atom. The van der Waals surface area contributed by atoms with Crippen molar-refractivity contribution < 1.29 is 9.26 Å².